The van der Waals surface area contributed by atoms with Crippen molar-refractivity contribution in [2.45, 2.75) is 58.0 Å². The Morgan fingerprint density at radius 3 is 2.60 bits per heavy atom. The summed E-state index contributed by atoms with van der Waals surface area (Å²) >= 11 is 0. The Balaban J connectivity index is 1.47. The van der Waals surface area contributed by atoms with Crippen LogP contribution in [0.4, 0.5) is 0 Å². The first kappa shape index (κ1) is 29.0. The minimum absolute atomic E-state index is 0.0242. The SMILES string of the molecule is COc1c(C)cc2c(c1O)[C@@H]1C3=Cc4c(OC(C)=O)c(C)c5c(c4[C@H](COCc4ccccc4)N3[C@@H](C#N)[C@H](C2)N1C)OCO5. The molecule has 3 aromatic carbocycles. The largest absolute Gasteiger partial charge is 0.504 e. The number of ether oxygens (including phenoxy) is 5. The third kappa shape index (κ3) is 4.41. The van der Waals surface area contributed by atoms with Crippen LogP contribution in [0.1, 0.15) is 58.0 Å². The summed E-state index contributed by atoms with van der Waals surface area (Å²) < 4.78 is 29.9. The lowest BCUT2D eigenvalue weighted by molar-refractivity contribution is -0.131. The molecule has 1 N–H and O–H groups in total. The number of piperazine rings is 1. The number of phenolic OH excluding ortho intramolecular Hbond substituents is 1. The fraction of sp³-hybridized carbons (Fsp3) is 0.371. The Bertz CT molecular complexity index is 1780. The van der Waals surface area contributed by atoms with Crippen molar-refractivity contribution in [3.63, 3.8) is 0 Å². The van der Waals surface area contributed by atoms with Crippen LogP contribution in [0.25, 0.3) is 6.08 Å². The van der Waals surface area contributed by atoms with Gasteiger partial charge < -0.3 is 33.7 Å². The third-order valence-electron chi connectivity index (χ3n) is 9.44. The number of fused-ring (bicyclic) bond motifs is 9. The van der Waals surface area contributed by atoms with Crippen LogP contribution >= 0.6 is 0 Å². The van der Waals surface area contributed by atoms with E-state index < -0.39 is 24.1 Å². The predicted molar refractivity (Wildman–Crippen MR) is 164 cm³/mol. The Kier molecular flexibility index (Phi) is 7.10. The van der Waals surface area contributed by atoms with Gasteiger partial charge >= 0.3 is 5.97 Å². The van der Waals surface area contributed by atoms with Crippen LogP contribution in [0.3, 0.4) is 0 Å². The van der Waals surface area contributed by atoms with E-state index >= 15 is 0 Å². The summed E-state index contributed by atoms with van der Waals surface area (Å²) in [4.78, 5) is 16.7. The van der Waals surface area contributed by atoms with Crippen LogP contribution in [0.5, 0.6) is 28.7 Å². The number of esters is 1. The first-order chi connectivity index (χ1) is 21.7. The zero-order chi connectivity index (χ0) is 31.6. The molecule has 4 aliphatic rings. The fourth-order valence-corrected chi connectivity index (χ4v) is 7.58. The molecule has 0 saturated carbocycles. The van der Waals surface area contributed by atoms with Crippen molar-refractivity contribution in [3.05, 3.63) is 81.0 Å². The van der Waals surface area contributed by atoms with Crippen molar-refractivity contribution < 1.29 is 33.6 Å². The van der Waals surface area contributed by atoms with Gasteiger partial charge in [-0.25, -0.2) is 0 Å². The summed E-state index contributed by atoms with van der Waals surface area (Å²) in [6.45, 7) is 5.73. The van der Waals surface area contributed by atoms with Crippen molar-refractivity contribution in [2.24, 2.45) is 0 Å². The maximum atomic E-state index is 12.4. The molecule has 4 heterocycles. The number of hydrogen-bond donors (Lipinski definition) is 1. The van der Waals surface area contributed by atoms with Crippen LogP contribution in [0, 0.1) is 25.2 Å². The van der Waals surface area contributed by atoms with Gasteiger partial charge in [-0.2, -0.15) is 5.26 Å². The number of hydrogen-bond acceptors (Lipinski definition) is 10. The summed E-state index contributed by atoms with van der Waals surface area (Å²) in [5, 5.41) is 22.4. The fourth-order valence-electron chi connectivity index (χ4n) is 7.58. The van der Waals surface area contributed by atoms with E-state index in [1.165, 1.54) is 6.92 Å². The highest BCUT2D eigenvalue weighted by Crippen LogP contribution is 2.59. The number of phenols is 1. The molecule has 2 bridgehead atoms. The molecule has 0 unspecified atom stereocenters. The molecular weight excluding hydrogens is 574 g/mol. The molecule has 0 amide bonds. The number of nitrogens with zero attached hydrogens (tertiary/aromatic N) is 3. The van der Waals surface area contributed by atoms with Gasteiger partial charge in [0.1, 0.15) is 11.8 Å². The minimum Gasteiger partial charge on any atom is -0.504 e. The molecule has 0 aliphatic carbocycles. The summed E-state index contributed by atoms with van der Waals surface area (Å²) in [5.74, 6) is 1.50. The number of nitriles is 1. The molecule has 10 nitrogen and oxygen atoms in total. The maximum absolute atomic E-state index is 12.4. The van der Waals surface area contributed by atoms with Crippen LogP contribution in [-0.2, 0) is 22.6 Å². The highest BCUT2D eigenvalue weighted by atomic mass is 16.7. The monoisotopic (exact) mass is 609 g/mol. The number of aryl methyl sites for hydroxylation is 1. The summed E-state index contributed by atoms with van der Waals surface area (Å²) in [5.41, 5.74) is 6.41. The van der Waals surface area contributed by atoms with Crippen molar-refractivity contribution in [1.82, 2.24) is 9.80 Å². The molecule has 3 aromatic rings. The van der Waals surface area contributed by atoms with Crippen LogP contribution < -0.4 is 18.9 Å². The number of likely N-dealkylation sites (N-methyl/N-ethyl adjacent to an activating group) is 1. The van der Waals surface area contributed by atoms with Crippen LogP contribution in [0.15, 0.2) is 42.1 Å². The zero-order valence-corrected chi connectivity index (χ0v) is 25.9. The maximum Gasteiger partial charge on any atom is 0.308 e. The molecule has 1 fully saturated rings. The first-order valence-electron chi connectivity index (χ1n) is 15.0. The molecule has 10 heteroatoms. The molecule has 0 radical (unpaired) electrons. The van der Waals surface area contributed by atoms with E-state index in [9.17, 15) is 15.2 Å². The molecule has 0 spiro atoms. The Labute approximate surface area is 261 Å². The summed E-state index contributed by atoms with van der Waals surface area (Å²) in [6, 6.07) is 12.9. The van der Waals surface area contributed by atoms with E-state index in [2.05, 4.69) is 21.9 Å². The lowest BCUT2D eigenvalue weighted by Crippen LogP contribution is -2.62. The topological polar surface area (TPSA) is 114 Å². The lowest BCUT2D eigenvalue weighted by atomic mass is 9.75. The summed E-state index contributed by atoms with van der Waals surface area (Å²) in [6.07, 6.45) is 2.54. The molecule has 7 rings (SSSR count). The smallest absolute Gasteiger partial charge is 0.308 e. The zero-order valence-electron chi connectivity index (χ0n) is 25.9. The van der Waals surface area contributed by atoms with Crippen molar-refractivity contribution in [1.29, 1.82) is 5.26 Å². The van der Waals surface area contributed by atoms with Gasteiger partial charge in [0.2, 0.25) is 6.79 Å². The number of rotatable bonds is 6. The van der Waals surface area contributed by atoms with Crippen molar-refractivity contribution in [2.75, 3.05) is 27.6 Å². The van der Waals surface area contributed by atoms with Crippen LogP contribution in [0.2, 0.25) is 0 Å². The van der Waals surface area contributed by atoms with Gasteiger partial charge in [-0.05, 0) is 50.1 Å². The molecule has 1 saturated heterocycles. The normalized spacial score (nSPS) is 22.5. The van der Waals surface area contributed by atoms with Gasteiger partial charge in [0, 0.05) is 40.9 Å². The quantitative estimate of drug-likeness (QED) is 0.300. The van der Waals surface area contributed by atoms with Gasteiger partial charge in [0.25, 0.3) is 0 Å². The minimum atomic E-state index is -0.565. The van der Waals surface area contributed by atoms with E-state index in [-0.39, 0.29) is 25.2 Å². The first-order valence-corrected chi connectivity index (χ1v) is 15.0. The van der Waals surface area contributed by atoms with Gasteiger partial charge in [-0.1, -0.05) is 36.4 Å². The average molecular weight is 610 g/mol. The highest BCUT2D eigenvalue weighted by Gasteiger charge is 2.53. The molecular formula is C35H35N3O7. The molecule has 4 atom stereocenters. The van der Waals surface area contributed by atoms with Crippen molar-refractivity contribution >= 4 is 12.0 Å². The van der Waals surface area contributed by atoms with E-state index in [1.807, 2.05) is 57.3 Å². The van der Waals surface area contributed by atoms with Crippen LogP contribution in [-0.4, -0.2) is 60.5 Å². The van der Waals surface area contributed by atoms with Gasteiger partial charge in [-0.3, -0.25) is 9.69 Å². The highest BCUT2D eigenvalue weighted by molar-refractivity contribution is 5.81. The molecule has 0 aromatic heterocycles. The lowest BCUT2D eigenvalue weighted by Gasteiger charge is -2.57. The predicted octanol–water partition coefficient (Wildman–Crippen LogP) is 5.09. The van der Waals surface area contributed by atoms with E-state index in [4.69, 9.17) is 23.7 Å². The molecule has 4 aliphatic heterocycles. The average Bonchev–Trinajstić information content (AvgIpc) is 3.51. The second-order valence-electron chi connectivity index (χ2n) is 12.0. The van der Waals surface area contributed by atoms with E-state index in [0.717, 1.165) is 33.5 Å². The number of methoxy groups -OCH3 is 1. The Morgan fingerprint density at radius 2 is 1.89 bits per heavy atom. The molecule has 45 heavy (non-hydrogen) atoms. The number of carbonyl (C=O) groups is 1. The third-order valence-corrected chi connectivity index (χ3v) is 9.44. The standard InChI is InChI=1S/C35H35N3O7/c1-18-11-22-12-24-26(14-36)38-25(30(37(24)4)28(22)31(40)32(18)41-5)13-23-29(27(38)16-42-15-21-9-7-6-8-10-21)35-34(43-17-44-35)19(2)33(23)45-20(3)39/h6-11,13,24,26-27,30,40H,12,15-17H2,1-5H3/t24-,26-,27-,30-/m0/s1. The summed E-state index contributed by atoms with van der Waals surface area (Å²) in [7, 11) is 3.54. The van der Waals surface area contributed by atoms with Gasteiger partial charge in [0.05, 0.1) is 38.5 Å². The Hall–Kier alpha value is -4.72. The number of carbonyl (C=O) groups excluding carboxylic acids is 1. The second kappa shape index (κ2) is 11.0. The molecule has 232 valence electrons. The van der Waals surface area contributed by atoms with Gasteiger partial charge in [-0.15, -0.1) is 0 Å². The van der Waals surface area contributed by atoms with E-state index in [1.54, 1.807) is 7.11 Å². The van der Waals surface area contributed by atoms with E-state index in [0.29, 0.717) is 47.2 Å². The Morgan fingerprint density at radius 1 is 1.13 bits per heavy atom. The number of aromatic hydroxyl groups is 1. The van der Waals surface area contributed by atoms with Gasteiger partial charge in [0.15, 0.2) is 23.0 Å². The van der Waals surface area contributed by atoms with Crippen molar-refractivity contribution in [3.8, 4) is 34.8 Å². The second-order valence-corrected chi connectivity index (χ2v) is 12.0. The number of benzene rings is 3.